The summed E-state index contributed by atoms with van der Waals surface area (Å²) in [5.74, 6) is -1.57. The first kappa shape index (κ1) is 17.5. The van der Waals surface area contributed by atoms with Gasteiger partial charge < -0.3 is 10.0 Å². The van der Waals surface area contributed by atoms with E-state index in [4.69, 9.17) is 5.11 Å². The Bertz CT molecular complexity index is 663. The normalized spacial score (nSPS) is 26.8. The number of carbonyl (C=O) groups excluding carboxylic acids is 2. The molecule has 6 heteroatoms. The van der Waals surface area contributed by atoms with Crippen LogP contribution in [-0.4, -0.2) is 36.0 Å². The monoisotopic (exact) mass is 344 g/mol. The standard InChI is InChI=1S/C19H24N2O4/c1-21(15-8-4-13(5-9-15)19(24)25)14-6-2-12(3-7-14)16-10-11-17(22)20-18(16)23/h2-3,6-7,13,15-16H,4-5,8-11H2,1H3,(H,24,25)(H,20,22,23)/t13-,15-,16?. The fourth-order valence-corrected chi connectivity index (χ4v) is 3.87. The van der Waals surface area contributed by atoms with Crippen LogP contribution in [0.4, 0.5) is 5.69 Å². The van der Waals surface area contributed by atoms with Crippen molar-refractivity contribution in [3.05, 3.63) is 29.8 Å². The second-order valence-corrected chi connectivity index (χ2v) is 7.05. The number of anilines is 1. The largest absolute Gasteiger partial charge is 0.481 e. The Balaban J connectivity index is 1.63. The highest BCUT2D eigenvalue weighted by Crippen LogP contribution is 2.31. The third-order valence-electron chi connectivity index (χ3n) is 5.54. The Kier molecular flexibility index (Phi) is 5.06. The number of hydrogen-bond acceptors (Lipinski definition) is 4. The minimum atomic E-state index is -0.685. The Labute approximate surface area is 147 Å². The Morgan fingerprint density at radius 3 is 2.28 bits per heavy atom. The maximum absolute atomic E-state index is 12.0. The summed E-state index contributed by atoms with van der Waals surface area (Å²) < 4.78 is 0. The lowest BCUT2D eigenvalue weighted by Crippen LogP contribution is -2.39. The van der Waals surface area contributed by atoms with E-state index in [2.05, 4.69) is 10.2 Å². The first-order valence-electron chi connectivity index (χ1n) is 8.85. The van der Waals surface area contributed by atoms with Gasteiger partial charge in [0.05, 0.1) is 11.8 Å². The SMILES string of the molecule is CN(c1ccc(C2CCC(=O)NC2=O)cc1)[C@H]1CC[C@H](C(=O)O)CC1. The molecule has 0 radical (unpaired) electrons. The van der Waals surface area contributed by atoms with Crippen molar-refractivity contribution >= 4 is 23.5 Å². The van der Waals surface area contributed by atoms with E-state index in [1.807, 2.05) is 31.3 Å². The zero-order valence-corrected chi connectivity index (χ0v) is 14.4. The molecule has 1 saturated heterocycles. The molecule has 1 aromatic carbocycles. The van der Waals surface area contributed by atoms with Crippen molar-refractivity contribution in [3.8, 4) is 0 Å². The van der Waals surface area contributed by atoms with E-state index in [0.29, 0.717) is 18.9 Å². The van der Waals surface area contributed by atoms with Crippen LogP contribution in [0.2, 0.25) is 0 Å². The third-order valence-corrected chi connectivity index (χ3v) is 5.54. The van der Waals surface area contributed by atoms with Crippen molar-refractivity contribution in [2.75, 3.05) is 11.9 Å². The van der Waals surface area contributed by atoms with Gasteiger partial charge >= 0.3 is 5.97 Å². The van der Waals surface area contributed by atoms with Gasteiger partial charge in [0.1, 0.15) is 0 Å². The van der Waals surface area contributed by atoms with Gasteiger partial charge in [0.15, 0.2) is 0 Å². The number of carboxylic acid groups (broad SMARTS) is 1. The van der Waals surface area contributed by atoms with Gasteiger partial charge in [-0.1, -0.05) is 12.1 Å². The molecule has 1 saturated carbocycles. The lowest BCUT2D eigenvalue weighted by Gasteiger charge is -2.35. The van der Waals surface area contributed by atoms with Crippen molar-refractivity contribution in [2.24, 2.45) is 5.92 Å². The van der Waals surface area contributed by atoms with Crippen LogP contribution in [0, 0.1) is 5.92 Å². The molecule has 134 valence electrons. The van der Waals surface area contributed by atoms with E-state index in [9.17, 15) is 14.4 Å². The molecule has 1 atom stereocenters. The van der Waals surface area contributed by atoms with Gasteiger partial charge in [0.25, 0.3) is 0 Å². The van der Waals surface area contributed by atoms with Crippen LogP contribution < -0.4 is 10.2 Å². The molecule has 3 rings (SSSR count). The highest BCUT2D eigenvalue weighted by atomic mass is 16.4. The van der Waals surface area contributed by atoms with Gasteiger partial charge in [-0.05, 0) is 49.8 Å². The lowest BCUT2D eigenvalue weighted by molar-refractivity contribution is -0.143. The molecule has 1 unspecified atom stereocenters. The quantitative estimate of drug-likeness (QED) is 0.819. The summed E-state index contributed by atoms with van der Waals surface area (Å²) in [7, 11) is 2.03. The summed E-state index contributed by atoms with van der Waals surface area (Å²) in [5, 5.41) is 11.5. The van der Waals surface area contributed by atoms with Crippen molar-refractivity contribution in [1.29, 1.82) is 0 Å². The average molecular weight is 344 g/mol. The fraction of sp³-hybridized carbons (Fsp3) is 0.526. The van der Waals surface area contributed by atoms with Crippen LogP contribution in [0.5, 0.6) is 0 Å². The zero-order valence-electron chi connectivity index (χ0n) is 14.4. The second kappa shape index (κ2) is 7.25. The van der Waals surface area contributed by atoms with Crippen LogP contribution in [0.25, 0.3) is 0 Å². The van der Waals surface area contributed by atoms with Crippen molar-refractivity contribution in [1.82, 2.24) is 5.32 Å². The van der Waals surface area contributed by atoms with Gasteiger partial charge in [-0.25, -0.2) is 0 Å². The molecule has 0 bridgehead atoms. The van der Waals surface area contributed by atoms with E-state index >= 15 is 0 Å². The number of nitrogens with one attached hydrogen (secondary N) is 1. The van der Waals surface area contributed by atoms with Crippen molar-refractivity contribution < 1.29 is 19.5 Å². The summed E-state index contributed by atoms with van der Waals surface area (Å²) in [4.78, 5) is 36.5. The first-order chi connectivity index (χ1) is 12.0. The smallest absolute Gasteiger partial charge is 0.306 e. The summed E-state index contributed by atoms with van der Waals surface area (Å²) in [6.45, 7) is 0. The zero-order chi connectivity index (χ0) is 18.0. The number of benzene rings is 1. The fourth-order valence-electron chi connectivity index (χ4n) is 3.87. The number of piperidine rings is 1. The van der Waals surface area contributed by atoms with Crippen LogP contribution in [-0.2, 0) is 14.4 Å². The molecule has 0 aromatic heterocycles. The maximum Gasteiger partial charge on any atom is 0.306 e. The summed E-state index contributed by atoms with van der Waals surface area (Å²) >= 11 is 0. The molecule has 2 aliphatic rings. The first-order valence-corrected chi connectivity index (χ1v) is 8.85. The van der Waals surface area contributed by atoms with E-state index in [1.165, 1.54) is 0 Å². The van der Waals surface area contributed by atoms with E-state index in [1.54, 1.807) is 0 Å². The van der Waals surface area contributed by atoms with Crippen LogP contribution in [0.15, 0.2) is 24.3 Å². The predicted molar refractivity (Wildman–Crippen MR) is 93.4 cm³/mol. The number of rotatable bonds is 4. The molecule has 2 N–H and O–H groups in total. The van der Waals surface area contributed by atoms with Gasteiger partial charge in [-0.2, -0.15) is 0 Å². The molecule has 1 heterocycles. The number of hydrogen-bond donors (Lipinski definition) is 2. The maximum atomic E-state index is 12.0. The minimum absolute atomic E-state index is 0.199. The molecule has 1 aromatic rings. The number of imide groups is 1. The molecule has 6 nitrogen and oxygen atoms in total. The minimum Gasteiger partial charge on any atom is -0.481 e. The van der Waals surface area contributed by atoms with Gasteiger partial charge in [0.2, 0.25) is 11.8 Å². The molecular formula is C19H24N2O4. The number of aliphatic carboxylic acids is 1. The van der Waals surface area contributed by atoms with E-state index in [0.717, 1.165) is 36.9 Å². The van der Waals surface area contributed by atoms with Gasteiger partial charge in [0, 0.05) is 25.2 Å². The molecular weight excluding hydrogens is 320 g/mol. The molecule has 25 heavy (non-hydrogen) atoms. The molecule has 1 aliphatic heterocycles. The highest BCUT2D eigenvalue weighted by Gasteiger charge is 2.29. The van der Waals surface area contributed by atoms with E-state index in [-0.39, 0.29) is 23.7 Å². The topological polar surface area (TPSA) is 86.7 Å². The van der Waals surface area contributed by atoms with Gasteiger partial charge in [-0.3, -0.25) is 19.7 Å². The lowest BCUT2D eigenvalue weighted by atomic mass is 9.85. The molecule has 0 spiro atoms. The Morgan fingerprint density at radius 2 is 1.72 bits per heavy atom. The molecule has 2 fully saturated rings. The van der Waals surface area contributed by atoms with Crippen LogP contribution in [0.3, 0.4) is 0 Å². The number of amides is 2. The summed E-state index contributed by atoms with van der Waals surface area (Å²) in [6, 6.07) is 8.26. The number of carbonyl (C=O) groups is 3. The number of carboxylic acids is 1. The number of nitrogens with zero attached hydrogens (tertiary/aromatic N) is 1. The van der Waals surface area contributed by atoms with Crippen LogP contribution >= 0.6 is 0 Å². The molecule has 2 amide bonds. The Morgan fingerprint density at radius 1 is 1.08 bits per heavy atom. The third kappa shape index (κ3) is 3.83. The Hall–Kier alpha value is -2.37. The van der Waals surface area contributed by atoms with Crippen LogP contribution in [0.1, 0.15) is 50.0 Å². The highest BCUT2D eigenvalue weighted by molar-refractivity contribution is 6.00. The molecule has 1 aliphatic carbocycles. The predicted octanol–water partition coefficient (Wildman–Crippen LogP) is 2.29. The van der Waals surface area contributed by atoms with Crippen molar-refractivity contribution in [2.45, 2.75) is 50.5 Å². The van der Waals surface area contributed by atoms with E-state index < -0.39 is 5.97 Å². The average Bonchev–Trinajstić information content (AvgIpc) is 2.61. The summed E-state index contributed by atoms with van der Waals surface area (Å²) in [5.41, 5.74) is 1.99. The van der Waals surface area contributed by atoms with Gasteiger partial charge in [-0.15, -0.1) is 0 Å². The van der Waals surface area contributed by atoms with Crippen molar-refractivity contribution in [3.63, 3.8) is 0 Å². The second-order valence-electron chi connectivity index (χ2n) is 7.05. The summed E-state index contributed by atoms with van der Waals surface area (Å²) in [6.07, 6.45) is 4.13.